The molecule has 0 aliphatic carbocycles. The molecule has 6 nitrogen and oxygen atoms in total. The monoisotopic (exact) mass is 340 g/mol. The summed E-state index contributed by atoms with van der Waals surface area (Å²) in [5, 5.41) is 8.88. The van der Waals surface area contributed by atoms with Gasteiger partial charge in [-0.05, 0) is 31.9 Å². The van der Waals surface area contributed by atoms with E-state index in [1.807, 2.05) is 32.9 Å². The van der Waals surface area contributed by atoms with Crippen LogP contribution in [0.25, 0.3) is 0 Å². The third kappa shape index (κ3) is 3.58. The molecule has 0 saturated carbocycles. The average Bonchev–Trinajstić information content (AvgIpc) is 3.18. The Labute approximate surface area is 147 Å². The second kappa shape index (κ2) is 7.11. The summed E-state index contributed by atoms with van der Waals surface area (Å²) in [5.41, 5.74) is 8.07. The Morgan fingerprint density at radius 3 is 2.80 bits per heavy atom. The number of carbonyl (C=O) groups is 1. The Morgan fingerprint density at radius 2 is 2.12 bits per heavy atom. The number of carbonyl (C=O) groups excluding carboxylic acids is 1. The lowest BCUT2D eigenvalue weighted by Crippen LogP contribution is -2.37. The van der Waals surface area contributed by atoms with Crippen LogP contribution in [0.4, 0.5) is 0 Å². The molecular weight excluding hydrogens is 316 g/mol. The van der Waals surface area contributed by atoms with Gasteiger partial charge in [-0.2, -0.15) is 0 Å². The largest absolute Gasteiger partial charge is 0.361 e. The third-order valence-corrected chi connectivity index (χ3v) is 4.56. The van der Waals surface area contributed by atoms with Crippen LogP contribution in [0.5, 0.6) is 0 Å². The van der Waals surface area contributed by atoms with Crippen molar-refractivity contribution in [1.82, 2.24) is 20.9 Å². The number of hydrogen-bond acceptors (Lipinski definition) is 5. The molecule has 132 valence electrons. The Hall–Kier alpha value is -2.60. The van der Waals surface area contributed by atoms with E-state index in [0.29, 0.717) is 17.9 Å². The topological polar surface area (TPSA) is 70.4 Å². The van der Waals surface area contributed by atoms with E-state index in [9.17, 15) is 4.79 Å². The minimum atomic E-state index is -0.246. The predicted octanol–water partition coefficient (Wildman–Crippen LogP) is 2.92. The van der Waals surface area contributed by atoms with Crippen LogP contribution in [0.1, 0.15) is 48.1 Å². The molecule has 1 amide bonds. The number of amides is 1. The van der Waals surface area contributed by atoms with Crippen LogP contribution < -0.4 is 10.7 Å². The highest BCUT2D eigenvalue weighted by Gasteiger charge is 2.28. The first-order valence-corrected chi connectivity index (χ1v) is 8.55. The lowest BCUT2D eigenvalue weighted by atomic mass is 10.1. The van der Waals surface area contributed by atoms with E-state index in [2.05, 4.69) is 40.0 Å². The molecular formula is C19H24N4O2. The van der Waals surface area contributed by atoms with Gasteiger partial charge in [0.1, 0.15) is 5.76 Å². The number of nitrogens with one attached hydrogen (secondary N) is 2. The number of hydrogen-bond donors (Lipinski definition) is 2. The summed E-state index contributed by atoms with van der Waals surface area (Å²) in [6, 6.07) is 10.0. The zero-order valence-electron chi connectivity index (χ0n) is 15.1. The van der Waals surface area contributed by atoms with E-state index in [1.54, 1.807) is 6.07 Å². The number of rotatable bonds is 5. The quantitative estimate of drug-likeness (QED) is 0.876. The van der Waals surface area contributed by atoms with Crippen molar-refractivity contribution < 1.29 is 9.32 Å². The van der Waals surface area contributed by atoms with Gasteiger partial charge in [0, 0.05) is 18.2 Å². The molecule has 0 fully saturated rings. The zero-order chi connectivity index (χ0) is 18.0. The zero-order valence-corrected chi connectivity index (χ0v) is 15.1. The van der Waals surface area contributed by atoms with Gasteiger partial charge in [-0.15, -0.1) is 0 Å². The molecule has 1 aromatic heterocycles. The van der Waals surface area contributed by atoms with Crippen LogP contribution in [0, 0.1) is 6.92 Å². The maximum atomic E-state index is 12.4. The third-order valence-electron chi connectivity index (χ3n) is 4.56. The number of nitrogens with zero attached hydrogens (tertiary/aromatic N) is 2. The lowest BCUT2D eigenvalue weighted by Gasteiger charge is -2.22. The van der Waals surface area contributed by atoms with Crippen LogP contribution in [-0.2, 0) is 13.0 Å². The van der Waals surface area contributed by atoms with Crippen molar-refractivity contribution in [1.29, 1.82) is 0 Å². The molecule has 0 unspecified atom stereocenters. The number of hydrazine groups is 1. The van der Waals surface area contributed by atoms with Gasteiger partial charge in [0.25, 0.3) is 5.91 Å². The normalized spacial score (nSPS) is 17.3. The van der Waals surface area contributed by atoms with Crippen LogP contribution in [0.2, 0.25) is 0 Å². The summed E-state index contributed by atoms with van der Waals surface area (Å²) in [6.45, 7) is 8.84. The fourth-order valence-corrected chi connectivity index (χ4v) is 2.95. The minimum absolute atomic E-state index is 0.0190. The second-order valence-corrected chi connectivity index (χ2v) is 6.35. The van der Waals surface area contributed by atoms with Gasteiger partial charge in [0.05, 0.1) is 18.3 Å². The van der Waals surface area contributed by atoms with Crippen molar-refractivity contribution >= 4 is 5.91 Å². The smallest absolute Gasteiger partial charge is 0.277 e. The fraction of sp³-hybridized carbons (Fsp3) is 0.368. The van der Waals surface area contributed by atoms with Crippen LogP contribution in [0.15, 0.2) is 46.2 Å². The maximum absolute atomic E-state index is 12.4. The van der Waals surface area contributed by atoms with Gasteiger partial charge in [0.15, 0.2) is 5.69 Å². The molecule has 2 aromatic rings. The average molecular weight is 340 g/mol. The van der Waals surface area contributed by atoms with Crippen LogP contribution in [-0.4, -0.2) is 22.1 Å². The molecule has 1 aromatic carbocycles. The van der Waals surface area contributed by atoms with Crippen LogP contribution in [0.3, 0.4) is 0 Å². The molecule has 1 atom stereocenters. The van der Waals surface area contributed by atoms with Gasteiger partial charge < -0.3 is 14.8 Å². The van der Waals surface area contributed by atoms with E-state index in [4.69, 9.17) is 4.52 Å². The minimum Gasteiger partial charge on any atom is -0.361 e. The highest BCUT2D eigenvalue weighted by atomic mass is 16.5. The van der Waals surface area contributed by atoms with E-state index >= 15 is 0 Å². The Morgan fingerprint density at radius 1 is 1.36 bits per heavy atom. The first-order chi connectivity index (χ1) is 12.0. The van der Waals surface area contributed by atoms with Gasteiger partial charge >= 0.3 is 0 Å². The van der Waals surface area contributed by atoms with Crippen molar-refractivity contribution in [2.45, 2.75) is 46.7 Å². The van der Waals surface area contributed by atoms with E-state index in [0.717, 1.165) is 17.9 Å². The van der Waals surface area contributed by atoms with Crippen LogP contribution >= 0.6 is 0 Å². The highest BCUT2D eigenvalue weighted by molar-refractivity contribution is 5.93. The summed E-state index contributed by atoms with van der Waals surface area (Å²) in [7, 11) is 0. The molecule has 1 aliphatic rings. The Balaban J connectivity index is 1.74. The molecule has 3 rings (SSSR count). The number of aromatic nitrogens is 1. The number of benzene rings is 1. The van der Waals surface area contributed by atoms with Crippen molar-refractivity contribution in [3.8, 4) is 0 Å². The van der Waals surface area contributed by atoms with Gasteiger partial charge in [-0.25, -0.2) is 5.43 Å². The van der Waals surface area contributed by atoms with Crippen molar-refractivity contribution in [3.63, 3.8) is 0 Å². The molecule has 0 radical (unpaired) electrons. The Kier molecular flexibility index (Phi) is 4.90. The van der Waals surface area contributed by atoms with Gasteiger partial charge in [-0.1, -0.05) is 36.3 Å². The summed E-state index contributed by atoms with van der Waals surface area (Å²) < 4.78 is 5.11. The maximum Gasteiger partial charge on any atom is 0.277 e. The molecule has 0 saturated heterocycles. The summed E-state index contributed by atoms with van der Waals surface area (Å²) >= 11 is 0. The molecule has 1 aliphatic heterocycles. The first kappa shape index (κ1) is 17.2. The van der Waals surface area contributed by atoms with Gasteiger partial charge in [-0.3, -0.25) is 4.79 Å². The second-order valence-electron chi connectivity index (χ2n) is 6.35. The standard InChI is InChI=1S/C19H24N4O2/c1-5-16-10-17(22-25-16)19(24)20-18-13(3)21-23(14(18)4)11-15-9-7-6-8-12(15)2/h6-10,13,21H,5,11H2,1-4H3,(H,20,24)/t13-/m0/s1. The van der Waals surface area contributed by atoms with Gasteiger partial charge in [0.2, 0.25) is 0 Å². The molecule has 2 N–H and O–H groups in total. The van der Waals surface area contributed by atoms with E-state index in [1.165, 1.54) is 11.1 Å². The molecule has 0 bridgehead atoms. The van der Waals surface area contributed by atoms with Crippen molar-refractivity contribution in [2.24, 2.45) is 0 Å². The van der Waals surface area contributed by atoms with E-state index < -0.39 is 0 Å². The van der Waals surface area contributed by atoms with E-state index in [-0.39, 0.29) is 11.9 Å². The lowest BCUT2D eigenvalue weighted by molar-refractivity contribution is 0.0954. The fourth-order valence-electron chi connectivity index (χ4n) is 2.95. The highest BCUT2D eigenvalue weighted by Crippen LogP contribution is 2.22. The summed E-state index contributed by atoms with van der Waals surface area (Å²) in [6.07, 6.45) is 0.712. The molecule has 2 heterocycles. The number of aryl methyl sites for hydroxylation is 2. The number of allylic oxidation sites excluding steroid dienone is 1. The van der Waals surface area contributed by atoms with Crippen molar-refractivity contribution in [3.05, 3.63) is 64.3 Å². The van der Waals surface area contributed by atoms with Crippen molar-refractivity contribution in [2.75, 3.05) is 0 Å². The summed E-state index contributed by atoms with van der Waals surface area (Å²) in [4.78, 5) is 12.4. The molecule has 25 heavy (non-hydrogen) atoms. The summed E-state index contributed by atoms with van der Waals surface area (Å²) in [5.74, 6) is 0.457. The molecule has 6 heteroatoms. The first-order valence-electron chi connectivity index (χ1n) is 8.55. The SMILES string of the molecule is CCc1cc(C(=O)NC2=C(C)N(Cc3ccccc3C)N[C@H]2C)no1. The molecule has 0 spiro atoms. The Bertz CT molecular complexity index is 809. The predicted molar refractivity (Wildman–Crippen MR) is 95.4 cm³/mol.